The number of nitrogens with zero attached hydrogens (tertiary/aromatic N) is 2. The van der Waals surface area contributed by atoms with E-state index in [1.165, 1.54) is 4.57 Å². The number of nitrogens with two attached hydrogens (primary N) is 1. The van der Waals surface area contributed by atoms with Gasteiger partial charge in [0.25, 0.3) is 0 Å². The first-order valence-corrected chi connectivity index (χ1v) is 7.65. The molecule has 2 aromatic rings. The molecule has 0 aliphatic carbocycles. The number of anilines is 1. The molecule has 0 radical (unpaired) electrons. The smallest absolute Gasteiger partial charge is 0.379 e. The number of benzene rings is 1. The Balaban J connectivity index is 1.84. The van der Waals surface area contributed by atoms with Crippen molar-refractivity contribution >= 4 is 11.6 Å². The van der Waals surface area contributed by atoms with Crippen molar-refractivity contribution in [2.24, 2.45) is 5.73 Å². The summed E-state index contributed by atoms with van der Waals surface area (Å²) in [5, 5.41) is 3.02. The topological polar surface area (TPSA) is 72.9 Å². The number of hydrogen-bond donors (Lipinski definition) is 2. The average Bonchev–Trinajstić information content (AvgIpc) is 2.92. The quantitative estimate of drug-likeness (QED) is 0.900. The lowest BCUT2D eigenvalue weighted by Crippen LogP contribution is -2.19. The SMILES string of the molecule is NC(=O)c1cccc(NCc2nc(C(F)(F)F)n3c2CCCC3)c1. The number of carbonyl (C=O) groups excluding carboxylic acids is 1. The second kappa shape index (κ2) is 6.18. The molecule has 0 atom stereocenters. The lowest BCUT2D eigenvalue weighted by Gasteiger charge is -2.18. The molecule has 3 N–H and O–H groups in total. The molecule has 1 amide bonds. The van der Waals surface area contributed by atoms with E-state index >= 15 is 0 Å². The van der Waals surface area contributed by atoms with Crippen LogP contribution in [0.15, 0.2) is 24.3 Å². The molecule has 128 valence electrons. The van der Waals surface area contributed by atoms with E-state index in [0.29, 0.717) is 35.6 Å². The standard InChI is InChI=1S/C16H17F3N4O/c17-16(18,19)15-22-12(13-6-1-2-7-23(13)15)9-21-11-5-3-4-10(8-11)14(20)24/h3-5,8,21H,1-2,6-7,9H2,(H2,20,24). The molecule has 8 heteroatoms. The van der Waals surface area contributed by atoms with Crippen molar-refractivity contribution in [3.8, 4) is 0 Å². The maximum Gasteiger partial charge on any atom is 0.449 e. The zero-order chi connectivity index (χ0) is 17.3. The highest BCUT2D eigenvalue weighted by molar-refractivity contribution is 5.93. The number of halogens is 3. The lowest BCUT2D eigenvalue weighted by atomic mass is 10.1. The zero-order valence-electron chi connectivity index (χ0n) is 12.9. The van der Waals surface area contributed by atoms with Crippen LogP contribution in [0.25, 0.3) is 0 Å². The van der Waals surface area contributed by atoms with Gasteiger partial charge in [0.15, 0.2) is 0 Å². The van der Waals surface area contributed by atoms with Gasteiger partial charge in [-0.3, -0.25) is 4.79 Å². The number of nitrogens with one attached hydrogen (secondary N) is 1. The molecule has 1 aliphatic heterocycles. The van der Waals surface area contributed by atoms with Crippen LogP contribution in [-0.4, -0.2) is 15.5 Å². The number of primary amides is 1. The summed E-state index contributed by atoms with van der Waals surface area (Å²) in [5.41, 5.74) is 7.20. The monoisotopic (exact) mass is 338 g/mol. The van der Waals surface area contributed by atoms with Crippen molar-refractivity contribution in [1.29, 1.82) is 0 Å². The van der Waals surface area contributed by atoms with Crippen molar-refractivity contribution in [2.45, 2.75) is 38.5 Å². The predicted octanol–water partition coefficient (Wildman–Crippen LogP) is 2.95. The Hall–Kier alpha value is -2.51. The third-order valence-electron chi connectivity index (χ3n) is 4.06. The van der Waals surface area contributed by atoms with Gasteiger partial charge in [0.05, 0.1) is 12.2 Å². The van der Waals surface area contributed by atoms with Gasteiger partial charge in [-0.2, -0.15) is 13.2 Å². The minimum atomic E-state index is -4.46. The first kappa shape index (κ1) is 16.4. The second-order valence-corrected chi connectivity index (χ2v) is 5.73. The fraction of sp³-hybridized carbons (Fsp3) is 0.375. The Bertz CT molecular complexity index is 767. The predicted molar refractivity (Wildman–Crippen MR) is 82.5 cm³/mol. The van der Waals surface area contributed by atoms with Crippen LogP contribution in [0.2, 0.25) is 0 Å². The first-order chi connectivity index (χ1) is 11.4. The van der Waals surface area contributed by atoms with Crippen molar-refractivity contribution < 1.29 is 18.0 Å². The van der Waals surface area contributed by atoms with Gasteiger partial charge in [0.2, 0.25) is 11.7 Å². The number of rotatable bonds is 4. The Labute approximate surface area is 136 Å². The van der Waals surface area contributed by atoms with Crippen LogP contribution in [-0.2, 0) is 25.7 Å². The number of carbonyl (C=O) groups is 1. The average molecular weight is 338 g/mol. The summed E-state index contributed by atoms with van der Waals surface area (Å²) in [6.45, 7) is 0.502. The van der Waals surface area contributed by atoms with E-state index in [4.69, 9.17) is 5.73 Å². The van der Waals surface area contributed by atoms with Gasteiger partial charge < -0.3 is 15.6 Å². The molecule has 0 unspecified atom stereocenters. The number of fused-ring (bicyclic) bond motifs is 1. The summed E-state index contributed by atoms with van der Waals surface area (Å²) >= 11 is 0. The highest BCUT2D eigenvalue weighted by atomic mass is 19.4. The van der Waals surface area contributed by atoms with Gasteiger partial charge in [-0.05, 0) is 37.5 Å². The number of amides is 1. The lowest BCUT2D eigenvalue weighted by molar-refractivity contribution is -0.147. The maximum absolute atomic E-state index is 13.1. The third-order valence-corrected chi connectivity index (χ3v) is 4.06. The Morgan fingerprint density at radius 2 is 2.12 bits per heavy atom. The fourth-order valence-corrected chi connectivity index (χ4v) is 2.94. The van der Waals surface area contributed by atoms with E-state index in [2.05, 4.69) is 10.3 Å². The summed E-state index contributed by atoms with van der Waals surface area (Å²) in [6, 6.07) is 6.52. The molecule has 24 heavy (non-hydrogen) atoms. The summed E-state index contributed by atoms with van der Waals surface area (Å²) in [7, 11) is 0. The van der Waals surface area contributed by atoms with E-state index in [-0.39, 0.29) is 6.54 Å². The van der Waals surface area contributed by atoms with Crippen LogP contribution < -0.4 is 11.1 Å². The van der Waals surface area contributed by atoms with Gasteiger partial charge in [0.1, 0.15) is 0 Å². The minimum absolute atomic E-state index is 0.160. The molecular weight excluding hydrogens is 321 g/mol. The van der Waals surface area contributed by atoms with Gasteiger partial charge >= 0.3 is 6.18 Å². The summed E-state index contributed by atoms with van der Waals surface area (Å²) in [5.74, 6) is -1.39. The summed E-state index contributed by atoms with van der Waals surface area (Å²) in [6.07, 6.45) is -2.30. The second-order valence-electron chi connectivity index (χ2n) is 5.73. The first-order valence-electron chi connectivity index (χ1n) is 7.65. The van der Waals surface area contributed by atoms with E-state index in [9.17, 15) is 18.0 Å². The number of aromatic nitrogens is 2. The molecule has 0 bridgehead atoms. The van der Waals surface area contributed by atoms with Crippen molar-refractivity contribution in [2.75, 3.05) is 5.32 Å². The number of imidazole rings is 1. The van der Waals surface area contributed by atoms with Gasteiger partial charge in [-0.1, -0.05) is 6.07 Å². The van der Waals surface area contributed by atoms with Gasteiger partial charge in [-0.15, -0.1) is 0 Å². The molecule has 1 aromatic carbocycles. The van der Waals surface area contributed by atoms with Gasteiger partial charge in [-0.25, -0.2) is 4.98 Å². The molecule has 1 aromatic heterocycles. The van der Waals surface area contributed by atoms with Crippen LogP contribution in [0.1, 0.15) is 40.4 Å². The van der Waals surface area contributed by atoms with Crippen LogP contribution in [0.4, 0.5) is 18.9 Å². The molecular formula is C16H17F3N4O. The molecule has 0 saturated carbocycles. The fourth-order valence-electron chi connectivity index (χ4n) is 2.94. The molecule has 0 fully saturated rings. The highest BCUT2D eigenvalue weighted by Crippen LogP contribution is 2.33. The van der Waals surface area contributed by atoms with Gasteiger partial charge in [0, 0.05) is 23.5 Å². The van der Waals surface area contributed by atoms with E-state index < -0.39 is 17.9 Å². The van der Waals surface area contributed by atoms with E-state index in [1.54, 1.807) is 24.3 Å². The van der Waals surface area contributed by atoms with Crippen molar-refractivity contribution in [1.82, 2.24) is 9.55 Å². The van der Waals surface area contributed by atoms with Crippen molar-refractivity contribution in [3.63, 3.8) is 0 Å². The Kier molecular flexibility index (Phi) is 4.21. The Morgan fingerprint density at radius 1 is 1.33 bits per heavy atom. The summed E-state index contributed by atoms with van der Waals surface area (Å²) < 4.78 is 40.7. The van der Waals surface area contributed by atoms with E-state index in [1.807, 2.05) is 0 Å². The number of hydrogen-bond acceptors (Lipinski definition) is 3. The molecule has 0 spiro atoms. The number of alkyl halides is 3. The zero-order valence-corrected chi connectivity index (χ0v) is 12.9. The summed E-state index contributed by atoms with van der Waals surface area (Å²) in [4.78, 5) is 15.0. The maximum atomic E-state index is 13.1. The van der Waals surface area contributed by atoms with Crippen LogP contribution in [0.5, 0.6) is 0 Å². The third kappa shape index (κ3) is 3.22. The van der Waals surface area contributed by atoms with Crippen LogP contribution in [0.3, 0.4) is 0 Å². The largest absolute Gasteiger partial charge is 0.449 e. The molecule has 2 heterocycles. The molecule has 1 aliphatic rings. The van der Waals surface area contributed by atoms with E-state index in [0.717, 1.165) is 12.8 Å². The molecule has 3 rings (SSSR count). The van der Waals surface area contributed by atoms with Crippen molar-refractivity contribution in [3.05, 3.63) is 47.0 Å². The Morgan fingerprint density at radius 3 is 2.83 bits per heavy atom. The van der Waals surface area contributed by atoms with Crippen LogP contribution in [0, 0.1) is 0 Å². The van der Waals surface area contributed by atoms with Crippen LogP contribution >= 0.6 is 0 Å². The normalized spacial score (nSPS) is 14.3. The highest BCUT2D eigenvalue weighted by Gasteiger charge is 2.39. The molecule has 0 saturated heterocycles. The molecule has 5 nitrogen and oxygen atoms in total. The minimum Gasteiger partial charge on any atom is -0.379 e.